The van der Waals surface area contributed by atoms with E-state index in [1.165, 1.54) is 10.5 Å². The molecule has 0 saturated carbocycles. The molecular formula is C23H27N2O4+. The fourth-order valence-electron chi connectivity index (χ4n) is 3.98. The molecular weight excluding hydrogens is 368 g/mol. The van der Waals surface area contributed by atoms with Gasteiger partial charge in [-0.2, -0.15) is 0 Å². The summed E-state index contributed by atoms with van der Waals surface area (Å²) in [7, 11) is 1.66. The van der Waals surface area contributed by atoms with Crippen molar-refractivity contribution in [1.82, 2.24) is 5.32 Å². The fourth-order valence-corrected chi connectivity index (χ4v) is 3.98. The van der Waals surface area contributed by atoms with E-state index in [0.29, 0.717) is 12.3 Å². The smallest absolute Gasteiger partial charge is 0.287 e. The lowest BCUT2D eigenvalue weighted by molar-refractivity contribution is -0.937. The molecule has 152 valence electrons. The van der Waals surface area contributed by atoms with Crippen LogP contribution in [-0.2, 0) is 4.74 Å². The van der Waals surface area contributed by atoms with Gasteiger partial charge in [-0.3, -0.25) is 4.79 Å². The van der Waals surface area contributed by atoms with Gasteiger partial charge in [-0.25, -0.2) is 0 Å². The van der Waals surface area contributed by atoms with Gasteiger partial charge in [0.2, 0.25) is 0 Å². The second kappa shape index (κ2) is 8.68. The first-order valence-corrected chi connectivity index (χ1v) is 10.00. The highest BCUT2D eigenvalue weighted by atomic mass is 16.5. The topological polar surface area (TPSA) is 65.1 Å². The molecule has 29 heavy (non-hydrogen) atoms. The molecule has 6 heteroatoms. The molecule has 0 aliphatic carbocycles. The van der Waals surface area contributed by atoms with Crippen LogP contribution in [0.4, 0.5) is 0 Å². The number of fused-ring (bicyclic) bond motifs is 1. The number of benzene rings is 2. The summed E-state index contributed by atoms with van der Waals surface area (Å²) in [5.74, 6) is 1.04. The number of aryl methyl sites for hydroxylation is 1. The predicted molar refractivity (Wildman–Crippen MR) is 111 cm³/mol. The van der Waals surface area contributed by atoms with Crippen molar-refractivity contribution >= 4 is 16.9 Å². The van der Waals surface area contributed by atoms with E-state index in [9.17, 15) is 4.79 Å². The Labute approximate surface area is 170 Å². The van der Waals surface area contributed by atoms with E-state index < -0.39 is 0 Å². The Hall–Kier alpha value is -2.83. The van der Waals surface area contributed by atoms with Crippen molar-refractivity contribution in [1.29, 1.82) is 0 Å². The average molecular weight is 395 g/mol. The van der Waals surface area contributed by atoms with Crippen LogP contribution in [0.2, 0.25) is 0 Å². The van der Waals surface area contributed by atoms with Crippen LogP contribution in [0, 0.1) is 6.92 Å². The second-order valence-corrected chi connectivity index (χ2v) is 7.36. The van der Waals surface area contributed by atoms with E-state index in [0.717, 1.165) is 48.6 Å². The molecule has 1 aliphatic rings. The number of methoxy groups -OCH3 is 1. The van der Waals surface area contributed by atoms with E-state index >= 15 is 0 Å². The quantitative estimate of drug-likeness (QED) is 0.671. The van der Waals surface area contributed by atoms with Crippen molar-refractivity contribution in [3.8, 4) is 5.75 Å². The molecule has 1 amide bonds. The number of hydrogen-bond donors (Lipinski definition) is 2. The van der Waals surface area contributed by atoms with Gasteiger partial charge in [0.05, 0.1) is 26.9 Å². The Kier molecular flexibility index (Phi) is 5.83. The first-order chi connectivity index (χ1) is 14.2. The zero-order valence-electron chi connectivity index (χ0n) is 16.9. The molecule has 1 fully saturated rings. The first-order valence-electron chi connectivity index (χ1n) is 10.00. The molecule has 2 heterocycles. The minimum absolute atomic E-state index is 0.137. The number of rotatable bonds is 6. The largest absolute Gasteiger partial charge is 0.497 e. The van der Waals surface area contributed by atoms with Gasteiger partial charge in [-0.15, -0.1) is 0 Å². The Bertz CT molecular complexity index is 974. The third-order valence-corrected chi connectivity index (χ3v) is 5.66. The summed E-state index contributed by atoms with van der Waals surface area (Å²) < 4.78 is 16.6. The molecule has 1 saturated heterocycles. The molecule has 1 atom stereocenters. The summed E-state index contributed by atoms with van der Waals surface area (Å²) in [5, 5.41) is 4.07. The van der Waals surface area contributed by atoms with Crippen LogP contribution in [0.25, 0.3) is 11.0 Å². The van der Waals surface area contributed by atoms with Crippen molar-refractivity contribution < 1.29 is 23.6 Å². The molecule has 1 aromatic heterocycles. The van der Waals surface area contributed by atoms with Gasteiger partial charge in [0.25, 0.3) is 5.91 Å². The molecule has 0 spiro atoms. The molecule has 2 aromatic carbocycles. The van der Waals surface area contributed by atoms with Gasteiger partial charge in [0, 0.05) is 16.5 Å². The summed E-state index contributed by atoms with van der Waals surface area (Å²) in [5.41, 5.74) is 2.78. The maximum Gasteiger partial charge on any atom is 0.287 e. The number of carbonyl (C=O) groups excluding carboxylic acids is 1. The zero-order valence-corrected chi connectivity index (χ0v) is 16.9. The Morgan fingerprint density at radius 1 is 1.14 bits per heavy atom. The van der Waals surface area contributed by atoms with Crippen molar-refractivity contribution in [2.45, 2.75) is 13.0 Å². The zero-order chi connectivity index (χ0) is 20.2. The molecule has 2 N–H and O–H groups in total. The van der Waals surface area contributed by atoms with E-state index in [4.69, 9.17) is 13.9 Å². The molecule has 6 nitrogen and oxygen atoms in total. The summed E-state index contributed by atoms with van der Waals surface area (Å²) in [6.45, 7) is 5.75. The van der Waals surface area contributed by atoms with Crippen LogP contribution in [0.15, 0.2) is 52.9 Å². The van der Waals surface area contributed by atoms with Crippen molar-refractivity contribution in [3.05, 3.63) is 65.4 Å². The number of amides is 1. The third-order valence-electron chi connectivity index (χ3n) is 5.66. The maximum absolute atomic E-state index is 12.9. The van der Waals surface area contributed by atoms with Gasteiger partial charge in [0.1, 0.15) is 30.5 Å². The lowest BCUT2D eigenvalue weighted by Crippen LogP contribution is -3.15. The van der Waals surface area contributed by atoms with E-state index in [1.54, 1.807) is 7.11 Å². The maximum atomic E-state index is 12.9. The van der Waals surface area contributed by atoms with Crippen LogP contribution < -0.4 is 15.0 Å². The lowest BCUT2D eigenvalue weighted by atomic mass is 10.0. The highest BCUT2D eigenvalue weighted by Crippen LogP contribution is 2.25. The number of morpholine rings is 1. The van der Waals surface area contributed by atoms with E-state index in [-0.39, 0.29) is 11.9 Å². The molecule has 0 bridgehead atoms. The number of nitrogens with one attached hydrogen (secondary N) is 2. The number of carbonyl (C=O) groups is 1. The number of ether oxygens (including phenoxy) is 2. The number of quaternary nitrogens is 1. The third kappa shape index (κ3) is 4.13. The van der Waals surface area contributed by atoms with Crippen molar-refractivity contribution in [2.24, 2.45) is 0 Å². The monoisotopic (exact) mass is 395 g/mol. The Morgan fingerprint density at radius 2 is 1.86 bits per heavy atom. The lowest BCUT2D eigenvalue weighted by Gasteiger charge is -2.32. The standard InChI is InChI=1S/C23H26N2O4/c1-16-19-5-3-4-6-21(19)29-22(16)23(26)24-15-20(25-11-13-28-14-12-25)17-7-9-18(27-2)10-8-17/h3-10,20H,11-15H2,1-2H3,(H,24,26)/p+1/t20-/m0/s1. The van der Waals surface area contributed by atoms with Crippen molar-refractivity contribution in [2.75, 3.05) is 40.0 Å². The van der Waals surface area contributed by atoms with E-state index in [1.807, 2.05) is 43.3 Å². The normalized spacial score (nSPS) is 15.9. The summed E-state index contributed by atoms with van der Waals surface area (Å²) in [4.78, 5) is 14.3. The predicted octanol–water partition coefficient (Wildman–Crippen LogP) is 2.14. The number of para-hydroxylation sites is 1. The van der Waals surface area contributed by atoms with Gasteiger partial charge < -0.3 is 24.1 Å². The van der Waals surface area contributed by atoms with Crippen LogP contribution in [0.5, 0.6) is 5.75 Å². The number of furan rings is 1. The van der Waals surface area contributed by atoms with E-state index in [2.05, 4.69) is 17.4 Å². The Balaban J connectivity index is 1.53. The molecule has 0 radical (unpaired) electrons. The highest BCUT2D eigenvalue weighted by molar-refractivity contribution is 5.98. The molecule has 3 aromatic rings. The molecule has 4 rings (SSSR count). The van der Waals surface area contributed by atoms with Gasteiger partial charge in [-0.05, 0) is 37.3 Å². The van der Waals surface area contributed by atoms with Gasteiger partial charge in [-0.1, -0.05) is 18.2 Å². The molecule has 0 unspecified atom stereocenters. The molecule has 1 aliphatic heterocycles. The second-order valence-electron chi connectivity index (χ2n) is 7.36. The first kappa shape index (κ1) is 19.5. The summed E-state index contributed by atoms with van der Waals surface area (Å²) in [6, 6.07) is 15.9. The van der Waals surface area contributed by atoms with Crippen LogP contribution in [-0.4, -0.2) is 45.9 Å². The van der Waals surface area contributed by atoms with Crippen LogP contribution in [0.3, 0.4) is 0 Å². The summed E-state index contributed by atoms with van der Waals surface area (Å²) in [6.07, 6.45) is 0. The SMILES string of the molecule is COc1ccc([C@H](CNC(=O)c2oc3ccccc3c2C)[NH+]2CCOCC2)cc1. The van der Waals surface area contributed by atoms with Crippen molar-refractivity contribution in [3.63, 3.8) is 0 Å². The highest BCUT2D eigenvalue weighted by Gasteiger charge is 2.28. The Morgan fingerprint density at radius 3 is 2.55 bits per heavy atom. The van der Waals surface area contributed by atoms with Crippen LogP contribution >= 0.6 is 0 Å². The van der Waals surface area contributed by atoms with Crippen LogP contribution in [0.1, 0.15) is 27.7 Å². The average Bonchev–Trinajstić information content (AvgIpc) is 3.12. The minimum Gasteiger partial charge on any atom is -0.497 e. The number of hydrogen-bond acceptors (Lipinski definition) is 4. The van der Waals surface area contributed by atoms with Gasteiger partial charge in [0.15, 0.2) is 5.76 Å². The fraction of sp³-hybridized carbons (Fsp3) is 0.348. The minimum atomic E-state index is -0.176. The van der Waals surface area contributed by atoms with Gasteiger partial charge >= 0.3 is 0 Å². The summed E-state index contributed by atoms with van der Waals surface area (Å²) >= 11 is 0.